The van der Waals surface area contributed by atoms with Crippen LogP contribution in [0.2, 0.25) is 0 Å². The second-order valence-corrected chi connectivity index (χ2v) is 9.69. The topological polar surface area (TPSA) is 12.5 Å². The van der Waals surface area contributed by atoms with Crippen LogP contribution in [0.1, 0.15) is 17.2 Å². The Balaban J connectivity index is 1.73. The van der Waals surface area contributed by atoms with Gasteiger partial charge in [-0.25, -0.2) is 0 Å². The summed E-state index contributed by atoms with van der Waals surface area (Å²) in [7, 11) is 3.42. The molecule has 0 saturated heterocycles. The van der Waals surface area contributed by atoms with Crippen molar-refractivity contribution in [2.45, 2.75) is 11.7 Å². The lowest BCUT2D eigenvalue weighted by molar-refractivity contribution is 0.351. The quantitative estimate of drug-likeness (QED) is 0.426. The van der Waals surface area contributed by atoms with Crippen LogP contribution in [-0.2, 0) is 4.52 Å². The lowest BCUT2D eigenvalue weighted by Crippen LogP contribution is -2.15. The number of nitrogens with zero attached hydrogens (tertiary/aromatic N) is 1. The first-order chi connectivity index (χ1) is 13.7. The summed E-state index contributed by atoms with van der Waals surface area (Å²) in [5.74, 6) is 0. The Labute approximate surface area is 174 Å². The summed E-state index contributed by atoms with van der Waals surface area (Å²) >= 11 is 1.90. The molecule has 1 atom stereocenters. The van der Waals surface area contributed by atoms with Gasteiger partial charge in [0, 0.05) is 35.6 Å². The van der Waals surface area contributed by atoms with Crippen molar-refractivity contribution < 1.29 is 4.52 Å². The van der Waals surface area contributed by atoms with Crippen LogP contribution in [0.15, 0.2) is 84.9 Å². The Morgan fingerprint density at radius 3 is 1.89 bits per heavy atom. The van der Waals surface area contributed by atoms with E-state index in [4.69, 9.17) is 4.52 Å². The maximum absolute atomic E-state index is 6.51. The van der Waals surface area contributed by atoms with Gasteiger partial charge in [-0.15, -0.1) is 0 Å². The molecule has 4 heteroatoms. The molecule has 0 aliphatic heterocycles. The molecule has 3 aromatic rings. The monoisotopic (exact) mass is 409 g/mol. The van der Waals surface area contributed by atoms with Crippen LogP contribution in [0.4, 0.5) is 5.69 Å². The van der Waals surface area contributed by atoms with Gasteiger partial charge in [-0.3, -0.25) is 0 Å². The molecule has 3 rings (SSSR count). The van der Waals surface area contributed by atoms with Crippen LogP contribution in [0.25, 0.3) is 0 Å². The van der Waals surface area contributed by atoms with Crippen molar-refractivity contribution in [2.24, 2.45) is 0 Å². The summed E-state index contributed by atoms with van der Waals surface area (Å²) in [6.45, 7) is 0.739. The molecule has 146 valence electrons. The molecule has 0 heterocycles. The van der Waals surface area contributed by atoms with E-state index in [0.29, 0.717) is 5.25 Å². The van der Waals surface area contributed by atoms with Crippen molar-refractivity contribution >= 4 is 36.2 Å². The van der Waals surface area contributed by atoms with Gasteiger partial charge in [0.1, 0.15) is 0 Å². The molecule has 0 aliphatic rings. The summed E-state index contributed by atoms with van der Waals surface area (Å²) in [5.41, 5.74) is 2.67. The molecule has 0 bridgehead atoms. The average molecular weight is 410 g/mol. The summed E-state index contributed by atoms with van der Waals surface area (Å²) < 4.78 is 6.51. The zero-order valence-corrected chi connectivity index (χ0v) is 18.5. The SMILES string of the molecule is CSC(CCOP(c1ccccc1)c1ccccc1)c1ccccc1N(C)C. The number of thioether (sulfide) groups is 1. The summed E-state index contributed by atoms with van der Waals surface area (Å²) in [5, 5.41) is 2.94. The lowest BCUT2D eigenvalue weighted by Gasteiger charge is -2.24. The highest BCUT2D eigenvalue weighted by Crippen LogP contribution is 2.39. The van der Waals surface area contributed by atoms with Gasteiger partial charge in [-0.2, -0.15) is 11.8 Å². The normalized spacial score (nSPS) is 12.1. The minimum atomic E-state index is -0.795. The first kappa shape index (κ1) is 20.9. The number of para-hydroxylation sites is 1. The first-order valence-corrected chi connectivity index (χ1v) is 12.1. The Morgan fingerprint density at radius 1 is 0.821 bits per heavy atom. The van der Waals surface area contributed by atoms with E-state index in [9.17, 15) is 0 Å². The van der Waals surface area contributed by atoms with E-state index >= 15 is 0 Å². The third-order valence-electron chi connectivity index (χ3n) is 4.63. The molecule has 0 saturated carbocycles. The molecule has 0 amide bonds. The van der Waals surface area contributed by atoms with Gasteiger partial charge in [0.25, 0.3) is 0 Å². The van der Waals surface area contributed by atoms with Gasteiger partial charge < -0.3 is 9.42 Å². The van der Waals surface area contributed by atoms with E-state index in [1.165, 1.54) is 21.9 Å². The zero-order valence-electron chi connectivity index (χ0n) is 16.8. The van der Waals surface area contributed by atoms with Crippen LogP contribution < -0.4 is 15.5 Å². The maximum atomic E-state index is 6.51. The number of benzene rings is 3. The highest BCUT2D eigenvalue weighted by Gasteiger charge is 2.18. The van der Waals surface area contributed by atoms with Crippen molar-refractivity contribution in [3.8, 4) is 0 Å². The molecule has 0 aromatic heterocycles. The highest BCUT2D eigenvalue weighted by molar-refractivity contribution is 7.98. The van der Waals surface area contributed by atoms with Crippen LogP contribution in [0, 0.1) is 0 Å². The Hall–Kier alpha value is -1.80. The molecular formula is C24H28NOPS. The Bertz CT molecular complexity index is 802. The minimum absolute atomic E-state index is 0.419. The van der Waals surface area contributed by atoms with Crippen LogP contribution >= 0.6 is 19.9 Å². The highest BCUT2D eigenvalue weighted by atomic mass is 32.2. The van der Waals surface area contributed by atoms with Gasteiger partial charge in [-0.1, -0.05) is 78.9 Å². The predicted molar refractivity (Wildman–Crippen MR) is 127 cm³/mol. The van der Waals surface area contributed by atoms with E-state index in [1.54, 1.807) is 0 Å². The third-order valence-corrected chi connectivity index (χ3v) is 7.67. The van der Waals surface area contributed by atoms with Crippen molar-refractivity contribution in [1.82, 2.24) is 0 Å². The van der Waals surface area contributed by atoms with Crippen molar-refractivity contribution in [1.29, 1.82) is 0 Å². The van der Waals surface area contributed by atoms with Gasteiger partial charge in [-0.05, 0) is 24.3 Å². The van der Waals surface area contributed by atoms with E-state index in [0.717, 1.165) is 13.0 Å². The molecule has 0 spiro atoms. The second kappa shape index (κ2) is 10.7. The van der Waals surface area contributed by atoms with Crippen LogP contribution in [0.3, 0.4) is 0 Å². The van der Waals surface area contributed by atoms with E-state index in [-0.39, 0.29) is 0 Å². The minimum Gasteiger partial charge on any atom is -0.377 e. The van der Waals surface area contributed by atoms with Crippen molar-refractivity contribution in [3.05, 3.63) is 90.5 Å². The third kappa shape index (κ3) is 5.38. The van der Waals surface area contributed by atoms with E-state index in [2.05, 4.69) is 110 Å². The summed E-state index contributed by atoms with van der Waals surface area (Å²) in [4.78, 5) is 2.19. The first-order valence-electron chi connectivity index (χ1n) is 9.53. The average Bonchev–Trinajstić information content (AvgIpc) is 2.75. The fourth-order valence-electron chi connectivity index (χ4n) is 3.24. The number of hydrogen-bond donors (Lipinski definition) is 0. The molecule has 1 unspecified atom stereocenters. The predicted octanol–water partition coefficient (Wildman–Crippen LogP) is 5.61. The van der Waals surface area contributed by atoms with Gasteiger partial charge in [0.15, 0.2) is 0 Å². The Kier molecular flexibility index (Phi) is 7.97. The Morgan fingerprint density at radius 2 is 1.36 bits per heavy atom. The maximum Gasteiger partial charge on any atom is 0.0917 e. The molecule has 28 heavy (non-hydrogen) atoms. The molecular weight excluding hydrogens is 381 g/mol. The number of hydrogen-bond acceptors (Lipinski definition) is 3. The molecule has 0 radical (unpaired) electrons. The molecule has 0 fully saturated rings. The second-order valence-electron chi connectivity index (χ2n) is 6.76. The molecule has 3 aromatic carbocycles. The largest absolute Gasteiger partial charge is 0.377 e. The summed E-state index contributed by atoms with van der Waals surface area (Å²) in [6.07, 6.45) is 3.18. The molecule has 2 nitrogen and oxygen atoms in total. The van der Waals surface area contributed by atoms with Crippen molar-refractivity contribution in [3.63, 3.8) is 0 Å². The smallest absolute Gasteiger partial charge is 0.0917 e. The standard InChI is InChI=1S/C24H28NOPS/c1-25(2)23-17-11-10-16-22(23)24(28-3)18-19-26-27(20-12-6-4-7-13-20)21-14-8-5-9-15-21/h4-17,24H,18-19H2,1-3H3. The molecule has 0 N–H and O–H groups in total. The van der Waals surface area contributed by atoms with Crippen LogP contribution in [0.5, 0.6) is 0 Å². The van der Waals surface area contributed by atoms with Gasteiger partial charge in [0.05, 0.1) is 14.8 Å². The van der Waals surface area contributed by atoms with Crippen molar-refractivity contribution in [2.75, 3.05) is 31.9 Å². The fraction of sp³-hybridized carbons (Fsp3) is 0.250. The van der Waals surface area contributed by atoms with E-state index < -0.39 is 8.15 Å². The van der Waals surface area contributed by atoms with Gasteiger partial charge >= 0.3 is 0 Å². The van der Waals surface area contributed by atoms with Gasteiger partial charge in [0.2, 0.25) is 0 Å². The molecule has 0 aliphatic carbocycles. The van der Waals surface area contributed by atoms with Crippen LogP contribution in [-0.4, -0.2) is 27.0 Å². The number of anilines is 1. The summed E-state index contributed by atoms with van der Waals surface area (Å²) in [6, 6.07) is 29.9. The fourth-order valence-corrected chi connectivity index (χ4v) is 5.80. The lowest BCUT2D eigenvalue weighted by atomic mass is 10.1. The van der Waals surface area contributed by atoms with E-state index in [1.807, 2.05) is 11.8 Å². The zero-order chi connectivity index (χ0) is 19.8. The number of rotatable bonds is 9.